The Kier molecular flexibility index (Phi) is 6.89. The molecule has 1 aliphatic heterocycles. The van der Waals surface area contributed by atoms with Gasteiger partial charge in [-0.1, -0.05) is 6.92 Å². The van der Waals surface area contributed by atoms with Gasteiger partial charge in [-0.25, -0.2) is 9.78 Å². The maximum atomic E-state index is 12.5. The number of ether oxygens (including phenoxy) is 2. The second-order valence-electron chi connectivity index (χ2n) is 7.28. The van der Waals surface area contributed by atoms with Gasteiger partial charge in [0.2, 0.25) is 0 Å². The summed E-state index contributed by atoms with van der Waals surface area (Å²) in [6, 6.07) is -0.195. The van der Waals surface area contributed by atoms with Gasteiger partial charge in [0.05, 0.1) is 18.7 Å². The van der Waals surface area contributed by atoms with Gasteiger partial charge in [-0.2, -0.15) is 0 Å². The molecule has 146 valence electrons. The zero-order chi connectivity index (χ0) is 19.5. The number of aryl methyl sites for hydroxylation is 1. The quantitative estimate of drug-likeness (QED) is 0.648. The number of nitrogens with zero attached hydrogens (tertiary/aromatic N) is 2. The van der Waals surface area contributed by atoms with Gasteiger partial charge in [0.25, 0.3) is 5.91 Å². The summed E-state index contributed by atoms with van der Waals surface area (Å²) in [6.45, 7) is 8.37. The Labute approximate surface area is 167 Å². The molecule has 0 aromatic carbocycles. The van der Waals surface area contributed by atoms with Crippen molar-refractivity contribution in [2.75, 3.05) is 20.2 Å². The fourth-order valence-electron chi connectivity index (χ4n) is 2.78. The molecule has 2 atom stereocenters. The lowest BCUT2D eigenvalue weighted by molar-refractivity contribution is -0.0172. The van der Waals surface area contributed by atoms with E-state index in [1.54, 1.807) is 12.0 Å². The van der Waals surface area contributed by atoms with E-state index < -0.39 is 5.60 Å². The van der Waals surface area contributed by atoms with Crippen molar-refractivity contribution in [3.05, 3.63) is 15.2 Å². The number of aromatic nitrogens is 2. The van der Waals surface area contributed by atoms with Crippen LogP contribution in [-0.4, -0.2) is 64.8 Å². The lowest BCUT2D eigenvalue weighted by Crippen LogP contribution is -2.56. The predicted molar refractivity (Wildman–Crippen MR) is 105 cm³/mol. The van der Waals surface area contributed by atoms with E-state index in [0.29, 0.717) is 25.3 Å². The van der Waals surface area contributed by atoms with Crippen LogP contribution >= 0.6 is 22.6 Å². The van der Waals surface area contributed by atoms with Crippen molar-refractivity contribution < 1.29 is 19.1 Å². The van der Waals surface area contributed by atoms with E-state index in [0.717, 1.165) is 15.8 Å². The van der Waals surface area contributed by atoms with Crippen LogP contribution in [0.25, 0.3) is 0 Å². The summed E-state index contributed by atoms with van der Waals surface area (Å²) in [5, 5.41) is 2.97. The Morgan fingerprint density at radius 1 is 1.42 bits per heavy atom. The third-order valence-corrected chi connectivity index (χ3v) is 5.02. The number of rotatable bonds is 4. The molecule has 1 fully saturated rings. The smallest absolute Gasteiger partial charge is 0.410 e. The number of halogens is 1. The van der Waals surface area contributed by atoms with E-state index in [1.165, 1.54) is 0 Å². The standard InChI is InChI=1S/C17H27IN4O4/c1-6-10-13(18)21-14(19-10)15(23)20-11-7-8-22(9-12(11)25-5)16(24)26-17(2,3)4/h11-12H,6-9H2,1-5H3,(H,19,21)(H,20,23). The molecule has 0 saturated carbocycles. The number of methoxy groups -OCH3 is 1. The molecule has 9 heteroatoms. The molecule has 0 radical (unpaired) electrons. The minimum Gasteiger partial charge on any atom is -0.444 e. The number of aromatic amines is 1. The lowest BCUT2D eigenvalue weighted by Gasteiger charge is -2.38. The Morgan fingerprint density at radius 3 is 2.65 bits per heavy atom. The van der Waals surface area contributed by atoms with Crippen LogP contribution in [0.2, 0.25) is 0 Å². The van der Waals surface area contributed by atoms with Crippen molar-refractivity contribution in [2.24, 2.45) is 0 Å². The normalized spacial score (nSPS) is 20.8. The van der Waals surface area contributed by atoms with Crippen molar-refractivity contribution >= 4 is 34.6 Å². The van der Waals surface area contributed by atoms with Crippen LogP contribution in [0.5, 0.6) is 0 Å². The second-order valence-corrected chi connectivity index (χ2v) is 8.30. The number of nitrogens with one attached hydrogen (secondary N) is 2. The van der Waals surface area contributed by atoms with Crippen molar-refractivity contribution in [1.82, 2.24) is 20.2 Å². The van der Waals surface area contributed by atoms with Crippen molar-refractivity contribution in [3.63, 3.8) is 0 Å². The van der Waals surface area contributed by atoms with Crippen LogP contribution in [-0.2, 0) is 15.9 Å². The first-order valence-corrected chi connectivity index (χ1v) is 9.78. The van der Waals surface area contributed by atoms with Gasteiger partial charge >= 0.3 is 6.09 Å². The summed E-state index contributed by atoms with van der Waals surface area (Å²) >= 11 is 2.11. The topological polar surface area (TPSA) is 96.6 Å². The Balaban J connectivity index is 1.98. The zero-order valence-electron chi connectivity index (χ0n) is 15.9. The molecule has 1 aliphatic rings. The Hall–Kier alpha value is -1.36. The van der Waals surface area contributed by atoms with Crippen LogP contribution in [0, 0.1) is 3.70 Å². The highest BCUT2D eigenvalue weighted by molar-refractivity contribution is 14.1. The molecule has 2 heterocycles. The molecule has 2 amide bonds. The second kappa shape index (κ2) is 8.55. The number of carbonyl (C=O) groups excluding carboxylic acids is 2. The summed E-state index contributed by atoms with van der Waals surface area (Å²) in [7, 11) is 1.58. The molecule has 0 spiro atoms. The van der Waals surface area contributed by atoms with Gasteiger partial charge in [0, 0.05) is 19.3 Å². The van der Waals surface area contributed by atoms with E-state index >= 15 is 0 Å². The summed E-state index contributed by atoms with van der Waals surface area (Å²) < 4.78 is 11.7. The van der Waals surface area contributed by atoms with Gasteiger partial charge in [0.1, 0.15) is 9.30 Å². The van der Waals surface area contributed by atoms with Gasteiger partial charge in [-0.15, -0.1) is 0 Å². The monoisotopic (exact) mass is 478 g/mol. The number of likely N-dealkylation sites (tertiary alicyclic amines) is 1. The van der Waals surface area contributed by atoms with E-state index in [9.17, 15) is 9.59 Å². The molecule has 8 nitrogen and oxygen atoms in total. The van der Waals surface area contributed by atoms with Crippen LogP contribution in [0.3, 0.4) is 0 Å². The van der Waals surface area contributed by atoms with Crippen LogP contribution in [0.4, 0.5) is 4.79 Å². The summed E-state index contributed by atoms with van der Waals surface area (Å²) in [6.07, 6.45) is 0.701. The van der Waals surface area contributed by atoms with Crippen molar-refractivity contribution in [2.45, 2.75) is 58.3 Å². The molecule has 2 rings (SSSR count). The molecule has 2 unspecified atom stereocenters. The van der Waals surface area contributed by atoms with E-state index in [1.807, 2.05) is 27.7 Å². The fourth-order valence-corrected chi connectivity index (χ4v) is 3.54. The van der Waals surface area contributed by atoms with E-state index in [-0.39, 0.29) is 24.1 Å². The number of piperidine rings is 1. The number of amides is 2. The first kappa shape index (κ1) is 20.9. The van der Waals surface area contributed by atoms with Gasteiger partial charge < -0.3 is 24.7 Å². The minimum atomic E-state index is -0.544. The molecular weight excluding hydrogens is 451 g/mol. The van der Waals surface area contributed by atoms with E-state index in [2.05, 4.69) is 37.9 Å². The number of carbonyl (C=O) groups is 2. The molecule has 0 bridgehead atoms. The first-order valence-electron chi connectivity index (χ1n) is 8.70. The van der Waals surface area contributed by atoms with E-state index in [4.69, 9.17) is 9.47 Å². The SMILES string of the molecule is CCc1[nH]c(C(=O)NC2CCN(C(=O)OC(C)(C)C)CC2OC)nc1I. The fraction of sp³-hybridized carbons (Fsp3) is 0.706. The van der Waals surface area contributed by atoms with Crippen LogP contribution in [0.15, 0.2) is 0 Å². The lowest BCUT2D eigenvalue weighted by atomic mass is 10.0. The molecule has 1 aromatic heterocycles. The molecule has 1 saturated heterocycles. The highest BCUT2D eigenvalue weighted by Gasteiger charge is 2.35. The summed E-state index contributed by atoms with van der Waals surface area (Å²) in [4.78, 5) is 33.7. The van der Waals surface area contributed by atoms with Crippen molar-refractivity contribution in [1.29, 1.82) is 0 Å². The average Bonchev–Trinajstić information content (AvgIpc) is 2.94. The third-order valence-electron chi connectivity index (χ3n) is 4.13. The van der Waals surface area contributed by atoms with Gasteiger partial charge in [0.15, 0.2) is 5.82 Å². The first-order chi connectivity index (χ1) is 12.1. The minimum absolute atomic E-state index is 0.195. The number of H-pyrrole nitrogens is 1. The average molecular weight is 478 g/mol. The predicted octanol–water partition coefficient (Wildman–Crippen LogP) is 2.33. The summed E-state index contributed by atoms with van der Waals surface area (Å²) in [5.74, 6) is 0.0380. The van der Waals surface area contributed by atoms with Crippen LogP contribution < -0.4 is 5.32 Å². The largest absolute Gasteiger partial charge is 0.444 e. The van der Waals surface area contributed by atoms with Gasteiger partial charge in [-0.3, -0.25) is 4.79 Å². The highest BCUT2D eigenvalue weighted by Crippen LogP contribution is 2.18. The molecule has 1 aromatic rings. The maximum absolute atomic E-state index is 12.5. The molecular formula is C17H27IN4O4. The number of imidazole rings is 1. The zero-order valence-corrected chi connectivity index (χ0v) is 18.0. The Bertz CT molecular complexity index is 656. The maximum Gasteiger partial charge on any atom is 0.410 e. The Morgan fingerprint density at radius 2 is 2.12 bits per heavy atom. The molecule has 2 N–H and O–H groups in total. The number of hydrogen-bond donors (Lipinski definition) is 2. The van der Waals surface area contributed by atoms with Gasteiger partial charge in [-0.05, 0) is 56.2 Å². The number of hydrogen-bond acceptors (Lipinski definition) is 5. The molecule has 26 heavy (non-hydrogen) atoms. The molecule has 0 aliphatic carbocycles. The van der Waals surface area contributed by atoms with Crippen LogP contribution in [0.1, 0.15) is 50.4 Å². The highest BCUT2D eigenvalue weighted by atomic mass is 127. The van der Waals surface area contributed by atoms with Crippen molar-refractivity contribution in [3.8, 4) is 0 Å². The summed E-state index contributed by atoms with van der Waals surface area (Å²) in [5.41, 5.74) is 0.400. The third kappa shape index (κ3) is 5.32.